The third-order valence-corrected chi connectivity index (χ3v) is 5.29. The number of fused-ring (bicyclic) bond motifs is 2. The zero-order chi connectivity index (χ0) is 23.7. The van der Waals surface area contributed by atoms with Crippen LogP contribution in [0.15, 0.2) is 65.5 Å². The van der Waals surface area contributed by atoms with Crippen LogP contribution in [0.25, 0.3) is 21.8 Å². The zero-order valence-electron chi connectivity index (χ0n) is 17.4. The molecule has 9 heteroatoms. The number of nitrogens with zero attached hydrogens (tertiary/aromatic N) is 2. The van der Waals surface area contributed by atoms with Crippen molar-refractivity contribution in [3.05, 3.63) is 88.3 Å². The average molecular weight is 453 g/mol. The number of halogens is 3. The SMILES string of the molecule is CN(CC(=O)Nc1ccc(F)c(F)c1F)C(=O)Cn1c2ccccc2c(=O)c2ccccc21. The van der Waals surface area contributed by atoms with E-state index in [1.165, 1.54) is 7.05 Å². The molecule has 0 aliphatic rings. The van der Waals surface area contributed by atoms with Crippen molar-refractivity contribution >= 4 is 39.3 Å². The lowest BCUT2D eigenvalue weighted by atomic mass is 10.1. The van der Waals surface area contributed by atoms with Crippen LogP contribution in [0.3, 0.4) is 0 Å². The van der Waals surface area contributed by atoms with Crippen LogP contribution in [0.5, 0.6) is 0 Å². The van der Waals surface area contributed by atoms with Crippen molar-refractivity contribution in [2.75, 3.05) is 18.9 Å². The van der Waals surface area contributed by atoms with Gasteiger partial charge < -0.3 is 14.8 Å². The summed E-state index contributed by atoms with van der Waals surface area (Å²) in [7, 11) is 1.39. The van der Waals surface area contributed by atoms with E-state index in [9.17, 15) is 27.6 Å². The molecule has 0 bridgehead atoms. The molecule has 0 spiro atoms. The molecule has 0 aliphatic heterocycles. The fraction of sp³-hybridized carbons (Fsp3) is 0.125. The molecule has 0 saturated carbocycles. The number of para-hydroxylation sites is 2. The minimum atomic E-state index is -1.70. The highest BCUT2D eigenvalue weighted by molar-refractivity contribution is 5.96. The van der Waals surface area contributed by atoms with Gasteiger partial charge in [-0.15, -0.1) is 0 Å². The van der Waals surface area contributed by atoms with Gasteiger partial charge in [0, 0.05) is 17.8 Å². The Morgan fingerprint density at radius 3 is 2.06 bits per heavy atom. The quantitative estimate of drug-likeness (QED) is 0.370. The molecule has 0 saturated heterocycles. The summed E-state index contributed by atoms with van der Waals surface area (Å²) in [5.41, 5.74) is 0.454. The van der Waals surface area contributed by atoms with Crippen molar-refractivity contribution in [1.82, 2.24) is 9.47 Å². The number of hydrogen-bond acceptors (Lipinski definition) is 3. The lowest BCUT2D eigenvalue weighted by Crippen LogP contribution is -2.37. The molecule has 33 heavy (non-hydrogen) atoms. The molecule has 0 unspecified atom stereocenters. The van der Waals surface area contributed by atoms with Crippen LogP contribution in [0, 0.1) is 17.5 Å². The molecule has 1 N–H and O–H groups in total. The van der Waals surface area contributed by atoms with Crippen molar-refractivity contribution in [2.45, 2.75) is 6.54 Å². The van der Waals surface area contributed by atoms with E-state index in [2.05, 4.69) is 5.32 Å². The van der Waals surface area contributed by atoms with Gasteiger partial charge in [0.1, 0.15) is 6.54 Å². The summed E-state index contributed by atoms with van der Waals surface area (Å²) in [5, 5.41) is 3.05. The van der Waals surface area contributed by atoms with Crippen molar-refractivity contribution in [3.8, 4) is 0 Å². The van der Waals surface area contributed by atoms with E-state index >= 15 is 0 Å². The second-order valence-corrected chi connectivity index (χ2v) is 7.47. The Labute approximate surface area is 185 Å². The van der Waals surface area contributed by atoms with Crippen LogP contribution in [-0.2, 0) is 16.1 Å². The van der Waals surface area contributed by atoms with Gasteiger partial charge in [0.25, 0.3) is 0 Å². The van der Waals surface area contributed by atoms with E-state index in [1.807, 2.05) is 0 Å². The van der Waals surface area contributed by atoms with Crippen molar-refractivity contribution in [1.29, 1.82) is 0 Å². The maximum absolute atomic E-state index is 13.8. The molecular weight excluding hydrogens is 435 g/mol. The molecule has 168 valence electrons. The average Bonchev–Trinajstić information content (AvgIpc) is 2.82. The minimum absolute atomic E-state index is 0.147. The molecule has 2 amide bonds. The minimum Gasteiger partial charge on any atom is -0.335 e. The molecule has 0 aliphatic carbocycles. The fourth-order valence-electron chi connectivity index (χ4n) is 3.62. The first kappa shape index (κ1) is 22.1. The van der Waals surface area contributed by atoms with Gasteiger partial charge in [-0.1, -0.05) is 24.3 Å². The van der Waals surface area contributed by atoms with Crippen molar-refractivity contribution in [3.63, 3.8) is 0 Å². The largest absolute Gasteiger partial charge is 0.335 e. The summed E-state index contributed by atoms with van der Waals surface area (Å²) < 4.78 is 41.9. The van der Waals surface area contributed by atoms with Crippen LogP contribution in [0.4, 0.5) is 18.9 Å². The second kappa shape index (κ2) is 8.78. The number of amides is 2. The Bertz CT molecular complexity index is 1410. The number of carbonyl (C=O) groups is 2. The van der Waals surface area contributed by atoms with Gasteiger partial charge in [-0.2, -0.15) is 0 Å². The van der Waals surface area contributed by atoms with Gasteiger partial charge in [-0.25, -0.2) is 13.2 Å². The topological polar surface area (TPSA) is 71.4 Å². The monoisotopic (exact) mass is 453 g/mol. The van der Waals surface area contributed by atoms with E-state index in [1.54, 1.807) is 53.1 Å². The highest BCUT2D eigenvalue weighted by Gasteiger charge is 2.19. The summed E-state index contributed by atoms with van der Waals surface area (Å²) in [6.45, 7) is -0.613. The lowest BCUT2D eigenvalue weighted by Gasteiger charge is -2.20. The van der Waals surface area contributed by atoms with E-state index < -0.39 is 41.5 Å². The van der Waals surface area contributed by atoms with Crippen LogP contribution in [0.1, 0.15) is 0 Å². The predicted molar refractivity (Wildman–Crippen MR) is 118 cm³/mol. The Kier molecular flexibility index (Phi) is 5.87. The molecular formula is C24H18F3N3O3. The Morgan fingerprint density at radius 2 is 1.45 bits per heavy atom. The van der Waals surface area contributed by atoms with Crippen LogP contribution < -0.4 is 10.7 Å². The Morgan fingerprint density at radius 1 is 0.879 bits per heavy atom. The van der Waals surface area contributed by atoms with Gasteiger partial charge in [-0.3, -0.25) is 14.4 Å². The molecule has 1 heterocycles. The molecule has 6 nitrogen and oxygen atoms in total. The van der Waals surface area contributed by atoms with Gasteiger partial charge in [0.15, 0.2) is 22.9 Å². The number of nitrogens with one attached hydrogen (secondary N) is 1. The lowest BCUT2D eigenvalue weighted by molar-refractivity contribution is -0.133. The van der Waals surface area contributed by atoms with Gasteiger partial charge >= 0.3 is 0 Å². The standard InChI is InChI=1S/C24H18F3N3O3/c1-29(12-20(31)28-17-11-10-16(25)22(26)23(17)27)21(32)13-30-18-8-4-2-6-14(18)24(33)15-7-3-5-9-19(15)30/h2-11H,12-13H2,1H3,(H,28,31). The van der Waals surface area contributed by atoms with Gasteiger partial charge in [0.2, 0.25) is 11.8 Å². The first-order valence-corrected chi connectivity index (χ1v) is 9.95. The summed E-state index contributed by atoms with van der Waals surface area (Å²) in [4.78, 5) is 39.1. The Hall–Kier alpha value is -4.14. The number of likely N-dealkylation sites (N-methyl/N-ethyl adjacent to an activating group) is 1. The van der Waals surface area contributed by atoms with Gasteiger partial charge in [-0.05, 0) is 36.4 Å². The summed E-state index contributed by atoms with van der Waals surface area (Å²) >= 11 is 0. The molecule has 4 aromatic rings. The molecule has 3 aromatic carbocycles. The number of hydrogen-bond donors (Lipinski definition) is 1. The smallest absolute Gasteiger partial charge is 0.244 e. The normalized spacial score (nSPS) is 11.0. The first-order valence-electron chi connectivity index (χ1n) is 9.95. The first-order chi connectivity index (χ1) is 15.8. The van der Waals surface area contributed by atoms with E-state index in [4.69, 9.17) is 0 Å². The predicted octanol–water partition coefficient (Wildman–Crippen LogP) is 3.67. The molecule has 1 aromatic heterocycles. The molecule has 0 fully saturated rings. The maximum atomic E-state index is 13.8. The van der Waals surface area contributed by atoms with Crippen molar-refractivity contribution < 1.29 is 22.8 Å². The molecule has 0 radical (unpaired) electrons. The number of rotatable bonds is 5. The highest BCUT2D eigenvalue weighted by atomic mass is 19.2. The van der Waals surface area contributed by atoms with E-state index in [0.29, 0.717) is 27.9 Å². The Balaban J connectivity index is 1.57. The maximum Gasteiger partial charge on any atom is 0.244 e. The molecule has 4 rings (SSSR count). The molecule has 0 atom stereocenters. The highest BCUT2D eigenvalue weighted by Crippen LogP contribution is 2.21. The number of pyridine rings is 1. The summed E-state index contributed by atoms with van der Waals surface area (Å²) in [5.74, 6) is -5.84. The van der Waals surface area contributed by atoms with Crippen molar-refractivity contribution in [2.24, 2.45) is 0 Å². The van der Waals surface area contributed by atoms with Crippen LogP contribution in [-0.4, -0.2) is 34.9 Å². The second-order valence-electron chi connectivity index (χ2n) is 7.47. The van der Waals surface area contributed by atoms with E-state index in [0.717, 1.165) is 11.0 Å². The number of anilines is 1. The number of aromatic nitrogens is 1. The fourth-order valence-corrected chi connectivity index (χ4v) is 3.62. The zero-order valence-corrected chi connectivity index (χ0v) is 17.4. The van der Waals surface area contributed by atoms with Crippen LogP contribution in [0.2, 0.25) is 0 Å². The summed E-state index contributed by atoms with van der Waals surface area (Å²) in [6.07, 6.45) is 0. The van der Waals surface area contributed by atoms with Gasteiger partial charge in [0.05, 0.1) is 23.3 Å². The third-order valence-electron chi connectivity index (χ3n) is 5.29. The number of benzene rings is 3. The summed E-state index contributed by atoms with van der Waals surface area (Å²) in [6, 6.07) is 15.4. The third kappa shape index (κ3) is 4.17. The number of carbonyl (C=O) groups excluding carboxylic acids is 2. The van der Waals surface area contributed by atoms with E-state index in [-0.39, 0.29) is 12.0 Å². The van der Waals surface area contributed by atoms with Crippen LogP contribution >= 0.6 is 0 Å².